The first-order valence-corrected chi connectivity index (χ1v) is 10.3. The molecule has 1 N–H and O–H groups in total. The van der Waals surface area contributed by atoms with E-state index in [0.717, 1.165) is 31.8 Å². The van der Waals surface area contributed by atoms with Crippen molar-refractivity contribution in [2.24, 2.45) is 5.92 Å². The predicted octanol–water partition coefficient (Wildman–Crippen LogP) is 3.67. The van der Waals surface area contributed by atoms with Crippen LogP contribution >= 0.6 is 0 Å². The fourth-order valence-corrected chi connectivity index (χ4v) is 4.80. The molecule has 1 aromatic heterocycles. The third-order valence-corrected chi connectivity index (χ3v) is 6.36. The minimum atomic E-state index is 0.489. The van der Waals surface area contributed by atoms with E-state index in [1.54, 1.807) is 0 Å². The van der Waals surface area contributed by atoms with Gasteiger partial charge in [0.1, 0.15) is 0 Å². The molecule has 3 heterocycles. The number of rotatable bonds is 5. The Morgan fingerprint density at radius 3 is 2.62 bits per heavy atom. The zero-order chi connectivity index (χ0) is 17.9. The number of imidazole rings is 1. The number of hydrogen-bond donors (Lipinski definition) is 1. The molecule has 2 aliphatic rings. The second-order valence-electron chi connectivity index (χ2n) is 8.20. The van der Waals surface area contributed by atoms with Gasteiger partial charge in [-0.05, 0) is 57.7 Å². The van der Waals surface area contributed by atoms with Gasteiger partial charge in [0.2, 0.25) is 0 Å². The standard InChI is InChI=1S/C22H32N4/c1-17(2)25-13-9-19(10-14-25)22-21-20(23-16-24-21)11-15-26(22)12-8-18-6-4-3-5-7-18/h3-7,16-17,19,22H,8-15H2,1-2H3,(H,23,24)/t22-/m1/s1. The molecular formula is C22H32N4. The maximum Gasteiger partial charge on any atom is 0.0925 e. The summed E-state index contributed by atoms with van der Waals surface area (Å²) in [6, 6.07) is 12.1. The van der Waals surface area contributed by atoms with Gasteiger partial charge in [-0.1, -0.05) is 30.3 Å². The van der Waals surface area contributed by atoms with Gasteiger partial charge in [0.25, 0.3) is 0 Å². The Labute approximate surface area is 157 Å². The topological polar surface area (TPSA) is 35.2 Å². The summed E-state index contributed by atoms with van der Waals surface area (Å²) in [6.07, 6.45) is 6.71. The van der Waals surface area contributed by atoms with E-state index in [1.165, 1.54) is 42.9 Å². The Morgan fingerprint density at radius 2 is 1.88 bits per heavy atom. The zero-order valence-corrected chi connectivity index (χ0v) is 16.2. The maximum absolute atomic E-state index is 4.76. The van der Waals surface area contributed by atoms with E-state index >= 15 is 0 Å². The Balaban J connectivity index is 1.48. The molecule has 2 aliphatic heterocycles. The Hall–Kier alpha value is -1.65. The summed E-state index contributed by atoms with van der Waals surface area (Å²) in [5.41, 5.74) is 4.14. The van der Waals surface area contributed by atoms with Crippen LogP contribution in [0.5, 0.6) is 0 Å². The molecule has 1 fully saturated rings. The lowest BCUT2D eigenvalue weighted by Crippen LogP contribution is -2.45. The van der Waals surface area contributed by atoms with Gasteiger partial charge in [-0.3, -0.25) is 4.90 Å². The van der Waals surface area contributed by atoms with Crippen molar-refractivity contribution in [3.05, 3.63) is 53.6 Å². The highest BCUT2D eigenvalue weighted by Crippen LogP contribution is 2.38. The van der Waals surface area contributed by atoms with E-state index in [4.69, 9.17) is 4.98 Å². The monoisotopic (exact) mass is 352 g/mol. The van der Waals surface area contributed by atoms with Crippen molar-refractivity contribution in [3.63, 3.8) is 0 Å². The normalized spacial score (nSPS) is 22.7. The highest BCUT2D eigenvalue weighted by molar-refractivity contribution is 5.21. The summed E-state index contributed by atoms with van der Waals surface area (Å²) in [5.74, 6) is 0.725. The van der Waals surface area contributed by atoms with Crippen LogP contribution in [0.25, 0.3) is 0 Å². The summed E-state index contributed by atoms with van der Waals surface area (Å²) in [4.78, 5) is 13.5. The molecule has 0 bridgehead atoms. The average Bonchev–Trinajstić information content (AvgIpc) is 3.15. The molecule has 1 atom stereocenters. The molecule has 0 unspecified atom stereocenters. The Bertz CT molecular complexity index is 685. The number of piperidine rings is 1. The van der Waals surface area contributed by atoms with Crippen LogP contribution in [0.1, 0.15) is 49.7 Å². The lowest BCUT2D eigenvalue weighted by atomic mass is 9.83. The number of nitrogens with zero attached hydrogens (tertiary/aromatic N) is 3. The highest BCUT2D eigenvalue weighted by atomic mass is 15.2. The summed E-state index contributed by atoms with van der Waals surface area (Å²) in [6.45, 7) is 9.37. The fraction of sp³-hybridized carbons (Fsp3) is 0.591. The number of hydrogen-bond acceptors (Lipinski definition) is 3. The van der Waals surface area contributed by atoms with Crippen LogP contribution < -0.4 is 0 Å². The Kier molecular flexibility index (Phi) is 5.41. The SMILES string of the molecule is CC(C)N1CCC([C@@H]2c3nc[nH]c3CCN2CCc2ccccc2)CC1. The lowest BCUT2D eigenvalue weighted by molar-refractivity contribution is 0.0669. The maximum atomic E-state index is 4.76. The minimum absolute atomic E-state index is 0.489. The number of likely N-dealkylation sites (tertiary alicyclic amines) is 1. The Morgan fingerprint density at radius 1 is 1.12 bits per heavy atom. The van der Waals surface area contributed by atoms with Gasteiger partial charge < -0.3 is 9.88 Å². The first-order chi connectivity index (χ1) is 12.7. The van der Waals surface area contributed by atoms with Crippen molar-refractivity contribution >= 4 is 0 Å². The van der Waals surface area contributed by atoms with Crippen LogP contribution in [0.2, 0.25) is 0 Å². The van der Waals surface area contributed by atoms with E-state index in [-0.39, 0.29) is 0 Å². The molecule has 0 saturated carbocycles. The molecule has 0 amide bonds. The minimum Gasteiger partial charge on any atom is -0.348 e. The second-order valence-corrected chi connectivity index (χ2v) is 8.20. The van der Waals surface area contributed by atoms with Crippen molar-refractivity contribution in [2.75, 3.05) is 26.2 Å². The largest absolute Gasteiger partial charge is 0.348 e. The molecule has 1 saturated heterocycles. The van der Waals surface area contributed by atoms with Gasteiger partial charge in [-0.25, -0.2) is 4.98 Å². The molecule has 0 aliphatic carbocycles. The molecular weight excluding hydrogens is 320 g/mol. The molecule has 1 aromatic carbocycles. The number of fused-ring (bicyclic) bond motifs is 1. The number of benzene rings is 1. The molecule has 4 heteroatoms. The summed E-state index contributed by atoms with van der Waals surface area (Å²) >= 11 is 0. The molecule has 0 spiro atoms. The van der Waals surface area contributed by atoms with Crippen LogP contribution in [-0.4, -0.2) is 52.0 Å². The van der Waals surface area contributed by atoms with Crippen LogP contribution in [-0.2, 0) is 12.8 Å². The fourth-order valence-electron chi connectivity index (χ4n) is 4.80. The van der Waals surface area contributed by atoms with E-state index in [2.05, 4.69) is 59.0 Å². The molecule has 140 valence electrons. The van der Waals surface area contributed by atoms with Crippen molar-refractivity contribution < 1.29 is 0 Å². The zero-order valence-electron chi connectivity index (χ0n) is 16.2. The van der Waals surface area contributed by atoms with Crippen molar-refractivity contribution in [1.82, 2.24) is 19.8 Å². The van der Waals surface area contributed by atoms with Crippen molar-refractivity contribution in [1.29, 1.82) is 0 Å². The van der Waals surface area contributed by atoms with Crippen LogP contribution in [0, 0.1) is 5.92 Å². The lowest BCUT2D eigenvalue weighted by Gasteiger charge is -2.43. The first kappa shape index (κ1) is 17.7. The predicted molar refractivity (Wildman–Crippen MR) is 106 cm³/mol. The third-order valence-electron chi connectivity index (χ3n) is 6.36. The highest BCUT2D eigenvalue weighted by Gasteiger charge is 2.37. The number of H-pyrrole nitrogens is 1. The molecule has 4 nitrogen and oxygen atoms in total. The van der Waals surface area contributed by atoms with E-state index in [0.29, 0.717) is 12.1 Å². The smallest absolute Gasteiger partial charge is 0.0925 e. The van der Waals surface area contributed by atoms with Gasteiger partial charge in [0.15, 0.2) is 0 Å². The summed E-state index contributed by atoms with van der Waals surface area (Å²) < 4.78 is 0. The van der Waals surface area contributed by atoms with Gasteiger partial charge in [0.05, 0.1) is 18.1 Å². The van der Waals surface area contributed by atoms with Crippen LogP contribution in [0.4, 0.5) is 0 Å². The van der Waals surface area contributed by atoms with Gasteiger partial charge in [-0.15, -0.1) is 0 Å². The molecule has 2 aromatic rings. The van der Waals surface area contributed by atoms with Gasteiger partial charge in [0, 0.05) is 31.2 Å². The van der Waals surface area contributed by atoms with E-state index in [9.17, 15) is 0 Å². The number of aromatic amines is 1. The summed E-state index contributed by atoms with van der Waals surface area (Å²) in [7, 11) is 0. The van der Waals surface area contributed by atoms with Crippen molar-refractivity contribution in [3.8, 4) is 0 Å². The second kappa shape index (κ2) is 7.93. The van der Waals surface area contributed by atoms with Gasteiger partial charge >= 0.3 is 0 Å². The van der Waals surface area contributed by atoms with Crippen LogP contribution in [0.15, 0.2) is 36.7 Å². The molecule has 4 rings (SSSR count). The summed E-state index contributed by atoms with van der Waals surface area (Å²) in [5, 5.41) is 0. The quantitative estimate of drug-likeness (QED) is 0.892. The number of nitrogens with one attached hydrogen (secondary N) is 1. The van der Waals surface area contributed by atoms with Crippen LogP contribution in [0.3, 0.4) is 0 Å². The number of aromatic nitrogens is 2. The molecule has 0 radical (unpaired) electrons. The third kappa shape index (κ3) is 3.72. The van der Waals surface area contributed by atoms with Gasteiger partial charge in [-0.2, -0.15) is 0 Å². The molecule has 26 heavy (non-hydrogen) atoms. The van der Waals surface area contributed by atoms with Crippen molar-refractivity contribution in [2.45, 2.75) is 51.6 Å². The van der Waals surface area contributed by atoms with E-state index in [1.807, 2.05) is 6.33 Å². The van der Waals surface area contributed by atoms with E-state index < -0.39 is 0 Å². The first-order valence-electron chi connectivity index (χ1n) is 10.3. The average molecular weight is 353 g/mol.